The monoisotopic (exact) mass is 355 g/mol. The highest BCUT2D eigenvalue weighted by Crippen LogP contribution is 2.22. The average molecular weight is 355 g/mol. The van der Waals surface area contributed by atoms with Crippen molar-refractivity contribution >= 4 is 16.9 Å². The topological polar surface area (TPSA) is 92.8 Å². The predicted octanol–water partition coefficient (Wildman–Crippen LogP) is 2.61. The second-order valence-corrected chi connectivity index (χ2v) is 6.38. The van der Waals surface area contributed by atoms with E-state index in [0.29, 0.717) is 5.56 Å². The Morgan fingerprint density at radius 1 is 1.15 bits per heavy atom. The van der Waals surface area contributed by atoms with Gasteiger partial charge >= 0.3 is 6.01 Å². The lowest BCUT2D eigenvalue weighted by Gasteiger charge is -2.28. The highest BCUT2D eigenvalue weighted by atomic mass is 19.1. The van der Waals surface area contributed by atoms with Crippen molar-refractivity contribution in [2.45, 2.75) is 37.8 Å². The largest absolute Gasteiger partial charge is 0.460 e. The minimum Gasteiger partial charge on any atom is -0.460 e. The van der Waals surface area contributed by atoms with E-state index in [2.05, 4.69) is 25.3 Å². The van der Waals surface area contributed by atoms with Gasteiger partial charge in [0.05, 0.1) is 29.8 Å². The Kier molecular flexibility index (Phi) is 4.47. The normalized spacial score (nSPS) is 20.0. The van der Waals surface area contributed by atoms with E-state index in [-0.39, 0.29) is 24.1 Å². The summed E-state index contributed by atoms with van der Waals surface area (Å²) in [6.45, 7) is 0. The molecule has 3 aromatic rings. The van der Waals surface area contributed by atoms with Gasteiger partial charge in [0.2, 0.25) is 0 Å². The SMILES string of the molecule is O=C(NC1CCC(Oc2ncc(F)cn2)CC1)c1ccc2nc[nH]c2c1. The van der Waals surface area contributed by atoms with Gasteiger partial charge < -0.3 is 15.0 Å². The van der Waals surface area contributed by atoms with Crippen molar-refractivity contribution in [3.05, 3.63) is 48.3 Å². The van der Waals surface area contributed by atoms with Crippen LogP contribution in [0.5, 0.6) is 6.01 Å². The standard InChI is InChI=1S/C18H18FN5O2/c19-12-8-20-18(21-9-12)26-14-4-2-13(3-5-14)24-17(25)11-1-6-15-16(7-11)23-10-22-15/h1,6-10,13-14H,2-5H2,(H,22,23)(H,24,25). The van der Waals surface area contributed by atoms with Crippen LogP contribution in [0.15, 0.2) is 36.9 Å². The highest BCUT2D eigenvalue weighted by Gasteiger charge is 2.24. The zero-order valence-electron chi connectivity index (χ0n) is 14.0. The second kappa shape index (κ2) is 7.07. The number of hydrogen-bond donors (Lipinski definition) is 2. The third-order valence-electron chi connectivity index (χ3n) is 4.56. The van der Waals surface area contributed by atoms with Crippen LogP contribution in [-0.4, -0.2) is 38.0 Å². The molecule has 0 radical (unpaired) electrons. The lowest BCUT2D eigenvalue weighted by Crippen LogP contribution is -2.39. The number of H-pyrrole nitrogens is 1. The summed E-state index contributed by atoms with van der Waals surface area (Å²) in [6.07, 6.45) is 6.95. The minimum atomic E-state index is -0.489. The summed E-state index contributed by atoms with van der Waals surface area (Å²) in [5.41, 5.74) is 2.29. The molecule has 1 aromatic carbocycles. The van der Waals surface area contributed by atoms with Crippen molar-refractivity contribution in [2.75, 3.05) is 0 Å². The molecule has 0 atom stereocenters. The molecule has 1 fully saturated rings. The van der Waals surface area contributed by atoms with Crippen molar-refractivity contribution in [1.29, 1.82) is 0 Å². The summed E-state index contributed by atoms with van der Waals surface area (Å²) in [5, 5.41) is 3.07. The fourth-order valence-electron chi connectivity index (χ4n) is 3.18. The van der Waals surface area contributed by atoms with Crippen molar-refractivity contribution in [2.24, 2.45) is 0 Å². The summed E-state index contributed by atoms with van der Waals surface area (Å²) < 4.78 is 18.5. The fourth-order valence-corrected chi connectivity index (χ4v) is 3.18. The Balaban J connectivity index is 1.30. The molecule has 1 saturated carbocycles. The van der Waals surface area contributed by atoms with Gasteiger partial charge in [-0.2, -0.15) is 0 Å². The summed E-state index contributed by atoms with van der Waals surface area (Å²) in [5.74, 6) is -0.579. The quantitative estimate of drug-likeness (QED) is 0.750. The Morgan fingerprint density at radius 2 is 1.92 bits per heavy atom. The zero-order valence-corrected chi connectivity index (χ0v) is 14.0. The van der Waals surface area contributed by atoms with E-state index in [1.165, 1.54) is 0 Å². The van der Waals surface area contributed by atoms with Gasteiger partial charge in [0.15, 0.2) is 5.82 Å². The number of carbonyl (C=O) groups is 1. The molecule has 26 heavy (non-hydrogen) atoms. The third-order valence-corrected chi connectivity index (χ3v) is 4.56. The number of nitrogens with one attached hydrogen (secondary N) is 2. The lowest BCUT2D eigenvalue weighted by molar-refractivity contribution is 0.0885. The van der Waals surface area contributed by atoms with E-state index in [1.54, 1.807) is 18.5 Å². The molecule has 0 aliphatic heterocycles. The smallest absolute Gasteiger partial charge is 0.316 e. The van der Waals surface area contributed by atoms with E-state index in [1.807, 2.05) is 6.07 Å². The molecule has 1 amide bonds. The van der Waals surface area contributed by atoms with Crippen LogP contribution in [0.25, 0.3) is 11.0 Å². The average Bonchev–Trinajstić information content (AvgIpc) is 3.13. The molecule has 0 saturated heterocycles. The number of ether oxygens (including phenoxy) is 1. The van der Waals surface area contributed by atoms with Gasteiger partial charge in [-0.3, -0.25) is 4.79 Å². The molecular formula is C18H18FN5O2. The van der Waals surface area contributed by atoms with Crippen LogP contribution >= 0.6 is 0 Å². The molecule has 0 bridgehead atoms. The summed E-state index contributed by atoms with van der Waals surface area (Å²) in [6, 6.07) is 5.70. The number of hydrogen-bond acceptors (Lipinski definition) is 5. The number of halogens is 1. The Bertz CT molecular complexity index is 903. The number of aromatic amines is 1. The molecule has 1 aliphatic rings. The van der Waals surface area contributed by atoms with Crippen LogP contribution in [0.1, 0.15) is 36.0 Å². The first-order valence-corrected chi connectivity index (χ1v) is 8.55. The maximum Gasteiger partial charge on any atom is 0.316 e. The fraction of sp³-hybridized carbons (Fsp3) is 0.333. The number of fused-ring (bicyclic) bond motifs is 1. The Morgan fingerprint density at radius 3 is 2.69 bits per heavy atom. The molecule has 7 nitrogen and oxygen atoms in total. The molecule has 2 N–H and O–H groups in total. The van der Waals surface area contributed by atoms with Crippen molar-refractivity contribution in [1.82, 2.24) is 25.3 Å². The zero-order chi connectivity index (χ0) is 17.9. The van der Waals surface area contributed by atoms with E-state index < -0.39 is 5.82 Å². The molecule has 2 aromatic heterocycles. The van der Waals surface area contributed by atoms with E-state index in [0.717, 1.165) is 49.1 Å². The first-order chi connectivity index (χ1) is 12.7. The first-order valence-electron chi connectivity index (χ1n) is 8.55. The Labute approximate surface area is 149 Å². The van der Waals surface area contributed by atoms with Gasteiger partial charge in [-0.15, -0.1) is 0 Å². The van der Waals surface area contributed by atoms with Crippen LogP contribution in [0, 0.1) is 5.82 Å². The molecule has 0 unspecified atom stereocenters. The van der Waals surface area contributed by atoms with Gasteiger partial charge in [0.1, 0.15) is 6.10 Å². The van der Waals surface area contributed by atoms with E-state index >= 15 is 0 Å². The number of rotatable bonds is 4. The highest BCUT2D eigenvalue weighted by molar-refractivity contribution is 5.97. The summed E-state index contributed by atoms with van der Waals surface area (Å²) in [4.78, 5) is 27.2. The molecule has 0 spiro atoms. The lowest BCUT2D eigenvalue weighted by atomic mass is 9.92. The van der Waals surface area contributed by atoms with Gasteiger partial charge in [-0.05, 0) is 43.9 Å². The van der Waals surface area contributed by atoms with Gasteiger partial charge in [0.25, 0.3) is 5.91 Å². The number of amides is 1. The molecule has 1 aliphatic carbocycles. The van der Waals surface area contributed by atoms with Crippen LogP contribution in [0.4, 0.5) is 4.39 Å². The molecule has 8 heteroatoms. The van der Waals surface area contributed by atoms with Gasteiger partial charge in [0, 0.05) is 11.6 Å². The van der Waals surface area contributed by atoms with Gasteiger partial charge in [-0.25, -0.2) is 19.3 Å². The summed E-state index contributed by atoms with van der Waals surface area (Å²) in [7, 11) is 0. The number of carbonyl (C=O) groups excluding carboxylic acids is 1. The first kappa shape index (κ1) is 16.4. The van der Waals surface area contributed by atoms with E-state index in [9.17, 15) is 9.18 Å². The summed E-state index contributed by atoms with van der Waals surface area (Å²) >= 11 is 0. The number of imidazole rings is 1. The van der Waals surface area contributed by atoms with Crippen LogP contribution < -0.4 is 10.1 Å². The van der Waals surface area contributed by atoms with Crippen molar-refractivity contribution in [3.63, 3.8) is 0 Å². The van der Waals surface area contributed by atoms with E-state index in [4.69, 9.17) is 4.74 Å². The number of benzene rings is 1. The number of aromatic nitrogens is 4. The molecule has 134 valence electrons. The van der Waals surface area contributed by atoms with Crippen LogP contribution in [0.3, 0.4) is 0 Å². The second-order valence-electron chi connectivity index (χ2n) is 6.38. The third kappa shape index (κ3) is 3.63. The molecule has 2 heterocycles. The molecular weight excluding hydrogens is 337 g/mol. The predicted molar refractivity (Wildman–Crippen MR) is 92.2 cm³/mol. The Hall–Kier alpha value is -3.03. The van der Waals surface area contributed by atoms with Crippen LogP contribution in [0.2, 0.25) is 0 Å². The maximum absolute atomic E-state index is 12.8. The minimum absolute atomic E-state index is 0.0186. The van der Waals surface area contributed by atoms with Crippen LogP contribution in [-0.2, 0) is 0 Å². The maximum atomic E-state index is 12.8. The van der Waals surface area contributed by atoms with Gasteiger partial charge in [-0.1, -0.05) is 0 Å². The van der Waals surface area contributed by atoms with Crippen molar-refractivity contribution in [3.8, 4) is 6.01 Å². The number of nitrogens with zero attached hydrogens (tertiary/aromatic N) is 3. The van der Waals surface area contributed by atoms with Crippen molar-refractivity contribution < 1.29 is 13.9 Å². The molecule has 4 rings (SSSR count).